The zero-order valence-corrected chi connectivity index (χ0v) is 10.8. The molecule has 0 amide bonds. The molecule has 1 atom stereocenters. The van der Waals surface area contributed by atoms with E-state index in [1.165, 1.54) is 0 Å². The zero-order valence-electron chi connectivity index (χ0n) is 10.0. The number of hydrogen-bond donors (Lipinski definition) is 1. The number of aromatic nitrogens is 1. The second-order valence-corrected chi connectivity index (χ2v) is 5.01. The van der Waals surface area contributed by atoms with Gasteiger partial charge in [0, 0.05) is 17.6 Å². The molecular formula is C13H16N2OS. The van der Waals surface area contributed by atoms with Crippen LogP contribution in [0.4, 0.5) is 0 Å². The van der Waals surface area contributed by atoms with Gasteiger partial charge in [0.1, 0.15) is 17.4 Å². The highest BCUT2D eigenvalue weighted by Gasteiger charge is 2.05. The standard InChI is InChI=1S/C13H16N2OS/c1-9-7-11(10(2)14)3-4-12(9)16-8-13-15-5-6-17-13/h3-7,10H,8,14H2,1-2H3/t10-/m1/s1. The first-order chi connectivity index (χ1) is 8.16. The van der Waals surface area contributed by atoms with Gasteiger partial charge >= 0.3 is 0 Å². The molecule has 0 aliphatic rings. The van der Waals surface area contributed by atoms with Crippen molar-refractivity contribution >= 4 is 11.3 Å². The molecule has 3 nitrogen and oxygen atoms in total. The van der Waals surface area contributed by atoms with Gasteiger partial charge in [0.2, 0.25) is 0 Å². The molecule has 0 aliphatic carbocycles. The maximum absolute atomic E-state index is 5.83. The average molecular weight is 248 g/mol. The summed E-state index contributed by atoms with van der Waals surface area (Å²) < 4.78 is 5.72. The van der Waals surface area contributed by atoms with Crippen molar-refractivity contribution in [3.05, 3.63) is 45.9 Å². The van der Waals surface area contributed by atoms with E-state index in [1.807, 2.05) is 31.4 Å². The van der Waals surface area contributed by atoms with Gasteiger partial charge < -0.3 is 10.5 Å². The molecule has 1 aromatic heterocycles. The molecule has 1 heterocycles. The summed E-state index contributed by atoms with van der Waals surface area (Å²) in [6.07, 6.45) is 1.79. The van der Waals surface area contributed by atoms with Crippen LogP contribution in [0.5, 0.6) is 5.75 Å². The first kappa shape index (κ1) is 12.1. The molecule has 0 saturated carbocycles. The van der Waals surface area contributed by atoms with Crippen molar-refractivity contribution in [2.45, 2.75) is 26.5 Å². The van der Waals surface area contributed by atoms with Gasteiger partial charge in [0.05, 0.1) is 0 Å². The SMILES string of the molecule is Cc1cc([C@@H](C)N)ccc1OCc1nccs1. The third-order valence-corrected chi connectivity index (χ3v) is 3.31. The molecule has 17 heavy (non-hydrogen) atoms. The molecule has 0 saturated heterocycles. The summed E-state index contributed by atoms with van der Waals surface area (Å²) in [5.41, 5.74) is 8.07. The van der Waals surface area contributed by atoms with E-state index in [2.05, 4.69) is 11.1 Å². The van der Waals surface area contributed by atoms with Crippen molar-refractivity contribution < 1.29 is 4.74 Å². The maximum Gasteiger partial charge on any atom is 0.140 e. The lowest BCUT2D eigenvalue weighted by Gasteiger charge is -2.11. The number of hydrogen-bond acceptors (Lipinski definition) is 4. The molecule has 0 radical (unpaired) electrons. The van der Waals surface area contributed by atoms with Crippen LogP contribution in [0.3, 0.4) is 0 Å². The van der Waals surface area contributed by atoms with Crippen LogP contribution in [0.2, 0.25) is 0 Å². The molecule has 0 aliphatic heterocycles. The van der Waals surface area contributed by atoms with E-state index in [0.29, 0.717) is 6.61 Å². The highest BCUT2D eigenvalue weighted by molar-refractivity contribution is 7.09. The molecule has 0 unspecified atom stereocenters. The van der Waals surface area contributed by atoms with Gasteiger partial charge in [0.25, 0.3) is 0 Å². The molecule has 4 heteroatoms. The van der Waals surface area contributed by atoms with Crippen molar-refractivity contribution in [1.82, 2.24) is 4.98 Å². The summed E-state index contributed by atoms with van der Waals surface area (Å²) in [7, 11) is 0. The molecule has 2 rings (SSSR count). The normalized spacial score (nSPS) is 12.4. The Kier molecular flexibility index (Phi) is 3.76. The molecule has 90 valence electrons. The third kappa shape index (κ3) is 3.05. The number of nitrogens with two attached hydrogens (primary N) is 1. The van der Waals surface area contributed by atoms with Gasteiger partial charge in [-0.1, -0.05) is 12.1 Å². The molecule has 0 bridgehead atoms. The number of ether oxygens (including phenoxy) is 1. The van der Waals surface area contributed by atoms with E-state index < -0.39 is 0 Å². The number of thiazole rings is 1. The van der Waals surface area contributed by atoms with Crippen molar-refractivity contribution in [1.29, 1.82) is 0 Å². The van der Waals surface area contributed by atoms with E-state index in [0.717, 1.165) is 21.9 Å². The smallest absolute Gasteiger partial charge is 0.140 e. The predicted octanol–water partition coefficient (Wildman–Crippen LogP) is 3.05. The Labute approximate surface area is 105 Å². The van der Waals surface area contributed by atoms with Crippen molar-refractivity contribution in [3.63, 3.8) is 0 Å². The van der Waals surface area contributed by atoms with E-state index >= 15 is 0 Å². The summed E-state index contributed by atoms with van der Waals surface area (Å²) in [5.74, 6) is 0.893. The first-order valence-electron chi connectivity index (χ1n) is 5.54. The third-order valence-electron chi connectivity index (χ3n) is 2.56. The monoisotopic (exact) mass is 248 g/mol. The van der Waals surface area contributed by atoms with Gasteiger partial charge in [-0.3, -0.25) is 0 Å². The molecule has 2 N–H and O–H groups in total. The molecule has 1 aromatic carbocycles. The van der Waals surface area contributed by atoms with Gasteiger partial charge in [-0.25, -0.2) is 4.98 Å². The molecule has 0 spiro atoms. The largest absolute Gasteiger partial charge is 0.486 e. The van der Waals surface area contributed by atoms with Crippen LogP contribution in [0.1, 0.15) is 29.1 Å². The maximum atomic E-state index is 5.83. The lowest BCUT2D eigenvalue weighted by molar-refractivity contribution is 0.303. The van der Waals surface area contributed by atoms with Gasteiger partial charge in [0.15, 0.2) is 0 Å². The summed E-state index contributed by atoms with van der Waals surface area (Å²) in [6, 6.07) is 6.11. The van der Waals surface area contributed by atoms with Gasteiger partial charge in [-0.05, 0) is 31.0 Å². The number of nitrogens with zero attached hydrogens (tertiary/aromatic N) is 1. The molecule has 2 aromatic rings. The Bertz CT molecular complexity index is 480. The van der Waals surface area contributed by atoms with Crippen LogP contribution < -0.4 is 10.5 Å². The van der Waals surface area contributed by atoms with Crippen molar-refractivity contribution in [2.24, 2.45) is 5.73 Å². The second kappa shape index (κ2) is 5.29. The number of aryl methyl sites for hydroxylation is 1. The highest BCUT2D eigenvalue weighted by Crippen LogP contribution is 2.23. The fourth-order valence-corrected chi connectivity index (χ4v) is 2.11. The van der Waals surface area contributed by atoms with E-state index in [4.69, 9.17) is 10.5 Å². The summed E-state index contributed by atoms with van der Waals surface area (Å²) in [5, 5.41) is 2.94. The van der Waals surface area contributed by atoms with Gasteiger partial charge in [-0.2, -0.15) is 0 Å². The summed E-state index contributed by atoms with van der Waals surface area (Å²) in [4.78, 5) is 4.18. The van der Waals surface area contributed by atoms with Gasteiger partial charge in [-0.15, -0.1) is 11.3 Å². The minimum Gasteiger partial charge on any atom is -0.486 e. The fraction of sp³-hybridized carbons (Fsp3) is 0.308. The Balaban J connectivity index is 2.06. The fourth-order valence-electron chi connectivity index (χ4n) is 1.58. The number of rotatable bonds is 4. The molecule has 0 fully saturated rings. The minimum absolute atomic E-state index is 0.0571. The summed E-state index contributed by atoms with van der Waals surface area (Å²) in [6.45, 7) is 4.53. The molecular weight excluding hydrogens is 232 g/mol. The predicted molar refractivity (Wildman–Crippen MR) is 70.2 cm³/mol. The topological polar surface area (TPSA) is 48.1 Å². The Morgan fingerprint density at radius 2 is 2.29 bits per heavy atom. The van der Waals surface area contributed by atoms with Crippen molar-refractivity contribution in [2.75, 3.05) is 0 Å². The van der Waals surface area contributed by atoms with E-state index in [-0.39, 0.29) is 6.04 Å². The average Bonchev–Trinajstić information content (AvgIpc) is 2.80. The second-order valence-electron chi connectivity index (χ2n) is 4.03. The summed E-state index contributed by atoms with van der Waals surface area (Å²) >= 11 is 1.60. The lowest BCUT2D eigenvalue weighted by atomic mass is 10.1. The van der Waals surface area contributed by atoms with E-state index in [1.54, 1.807) is 17.5 Å². The van der Waals surface area contributed by atoms with Crippen LogP contribution in [0.15, 0.2) is 29.8 Å². The zero-order chi connectivity index (χ0) is 12.3. The van der Waals surface area contributed by atoms with Crippen LogP contribution in [0.25, 0.3) is 0 Å². The first-order valence-corrected chi connectivity index (χ1v) is 6.42. The van der Waals surface area contributed by atoms with Crippen molar-refractivity contribution in [3.8, 4) is 5.75 Å². The van der Waals surface area contributed by atoms with Crippen LogP contribution in [-0.4, -0.2) is 4.98 Å². The van der Waals surface area contributed by atoms with Crippen LogP contribution in [-0.2, 0) is 6.61 Å². The van der Waals surface area contributed by atoms with Crippen LogP contribution in [0, 0.1) is 6.92 Å². The Morgan fingerprint density at radius 3 is 2.88 bits per heavy atom. The Morgan fingerprint density at radius 1 is 1.47 bits per heavy atom. The lowest BCUT2D eigenvalue weighted by Crippen LogP contribution is -2.05. The number of benzene rings is 1. The Hall–Kier alpha value is -1.39. The quantitative estimate of drug-likeness (QED) is 0.904. The van der Waals surface area contributed by atoms with Crippen LogP contribution >= 0.6 is 11.3 Å². The minimum atomic E-state index is 0.0571. The highest BCUT2D eigenvalue weighted by atomic mass is 32.1. The van der Waals surface area contributed by atoms with E-state index in [9.17, 15) is 0 Å².